The van der Waals surface area contributed by atoms with Gasteiger partial charge in [0.25, 0.3) is 0 Å². The Balaban J connectivity index is 2.06. The maximum absolute atomic E-state index is 13.3. The molecule has 1 N–H and O–H groups in total. The van der Waals surface area contributed by atoms with E-state index in [0.717, 1.165) is 5.56 Å². The molecule has 94 valence electrons. The zero-order chi connectivity index (χ0) is 12.6. The van der Waals surface area contributed by atoms with Crippen LogP contribution in [0.2, 0.25) is 0 Å². The number of methoxy groups -OCH3 is 1. The smallest absolute Gasteiger partial charge is 0.165 e. The van der Waals surface area contributed by atoms with Crippen molar-refractivity contribution in [2.75, 3.05) is 7.11 Å². The van der Waals surface area contributed by atoms with Crippen molar-refractivity contribution in [3.05, 3.63) is 29.6 Å². The van der Waals surface area contributed by atoms with Crippen molar-refractivity contribution >= 4 is 0 Å². The molecule has 1 fully saturated rings. The third kappa shape index (κ3) is 2.60. The third-order valence-corrected chi connectivity index (χ3v) is 3.64. The quantitative estimate of drug-likeness (QED) is 0.867. The summed E-state index contributed by atoms with van der Waals surface area (Å²) in [5.74, 6) is 0.00130. The van der Waals surface area contributed by atoms with Crippen LogP contribution in [0, 0.1) is 11.2 Å². The van der Waals surface area contributed by atoms with Crippen LogP contribution in [-0.4, -0.2) is 13.2 Å². The molecular formula is C14H20FNO. The highest BCUT2D eigenvalue weighted by atomic mass is 19.1. The molecule has 0 aliphatic heterocycles. The first-order chi connectivity index (χ1) is 7.94. The van der Waals surface area contributed by atoms with Crippen LogP contribution in [0.15, 0.2) is 18.2 Å². The molecule has 2 rings (SSSR count). The van der Waals surface area contributed by atoms with Gasteiger partial charge < -0.3 is 10.1 Å². The molecule has 0 aromatic heterocycles. The summed E-state index contributed by atoms with van der Waals surface area (Å²) in [5.41, 5.74) is 1.46. The van der Waals surface area contributed by atoms with Crippen molar-refractivity contribution in [2.24, 2.45) is 5.41 Å². The zero-order valence-electron chi connectivity index (χ0n) is 10.9. The van der Waals surface area contributed by atoms with Gasteiger partial charge in [0.15, 0.2) is 11.6 Å². The van der Waals surface area contributed by atoms with E-state index < -0.39 is 0 Å². The van der Waals surface area contributed by atoms with Crippen molar-refractivity contribution in [3.8, 4) is 5.75 Å². The van der Waals surface area contributed by atoms with Crippen LogP contribution < -0.4 is 10.1 Å². The maximum Gasteiger partial charge on any atom is 0.165 e. The lowest BCUT2D eigenvalue weighted by Gasteiger charge is -2.16. The van der Waals surface area contributed by atoms with Gasteiger partial charge in [-0.25, -0.2) is 4.39 Å². The Morgan fingerprint density at radius 3 is 2.65 bits per heavy atom. The summed E-state index contributed by atoms with van der Waals surface area (Å²) < 4.78 is 18.3. The molecule has 0 radical (unpaired) electrons. The fourth-order valence-electron chi connectivity index (χ4n) is 2.10. The van der Waals surface area contributed by atoms with Crippen LogP contribution in [0.4, 0.5) is 4.39 Å². The Morgan fingerprint density at radius 1 is 1.47 bits per heavy atom. The lowest BCUT2D eigenvalue weighted by Crippen LogP contribution is -2.24. The van der Waals surface area contributed by atoms with Crippen LogP contribution in [0.25, 0.3) is 0 Å². The molecule has 17 heavy (non-hydrogen) atoms. The molecule has 0 heterocycles. The Bertz CT molecular complexity index is 417. The monoisotopic (exact) mass is 237 g/mol. The van der Waals surface area contributed by atoms with Crippen molar-refractivity contribution in [1.29, 1.82) is 0 Å². The van der Waals surface area contributed by atoms with E-state index in [9.17, 15) is 4.39 Å². The summed E-state index contributed by atoms with van der Waals surface area (Å²) in [6.45, 7) is 6.60. The fraction of sp³-hybridized carbons (Fsp3) is 0.571. The molecule has 0 saturated heterocycles. The number of rotatable bonds is 4. The van der Waals surface area contributed by atoms with Crippen LogP contribution >= 0.6 is 0 Å². The fourth-order valence-corrected chi connectivity index (χ4v) is 2.10. The van der Waals surface area contributed by atoms with Gasteiger partial charge in [-0.15, -0.1) is 0 Å². The minimum atomic E-state index is -0.310. The zero-order valence-corrected chi connectivity index (χ0v) is 10.9. The van der Waals surface area contributed by atoms with Gasteiger partial charge in [-0.3, -0.25) is 0 Å². The van der Waals surface area contributed by atoms with E-state index in [1.165, 1.54) is 19.6 Å². The number of hydrogen-bond donors (Lipinski definition) is 1. The van der Waals surface area contributed by atoms with Gasteiger partial charge in [0.2, 0.25) is 0 Å². The Kier molecular flexibility index (Phi) is 3.13. The third-order valence-electron chi connectivity index (χ3n) is 3.64. The van der Waals surface area contributed by atoms with E-state index in [0.29, 0.717) is 17.2 Å². The summed E-state index contributed by atoms with van der Waals surface area (Å²) in [7, 11) is 1.49. The highest BCUT2D eigenvalue weighted by Gasteiger charge is 2.45. The minimum absolute atomic E-state index is 0.219. The lowest BCUT2D eigenvalue weighted by molar-refractivity contribution is 0.384. The number of benzene rings is 1. The van der Waals surface area contributed by atoms with Gasteiger partial charge in [0.1, 0.15) is 0 Å². The maximum atomic E-state index is 13.3. The average molecular weight is 237 g/mol. The first-order valence-electron chi connectivity index (χ1n) is 6.03. The minimum Gasteiger partial charge on any atom is -0.494 e. The molecule has 1 aromatic carbocycles. The highest BCUT2D eigenvalue weighted by molar-refractivity contribution is 5.32. The number of halogens is 1. The molecule has 1 aliphatic rings. The molecule has 0 amide bonds. The van der Waals surface area contributed by atoms with Gasteiger partial charge in [-0.1, -0.05) is 19.9 Å². The summed E-state index contributed by atoms with van der Waals surface area (Å²) >= 11 is 0. The molecule has 2 unspecified atom stereocenters. The normalized spacial score (nSPS) is 23.2. The highest BCUT2D eigenvalue weighted by Crippen LogP contribution is 2.45. The second kappa shape index (κ2) is 4.30. The average Bonchev–Trinajstić information content (AvgIpc) is 2.86. The van der Waals surface area contributed by atoms with E-state index >= 15 is 0 Å². The predicted molar refractivity (Wildman–Crippen MR) is 66.7 cm³/mol. The summed E-state index contributed by atoms with van der Waals surface area (Å²) in [6, 6.07) is 5.82. The van der Waals surface area contributed by atoms with Gasteiger partial charge in [0.05, 0.1) is 7.11 Å². The molecular weight excluding hydrogens is 217 g/mol. The van der Waals surface area contributed by atoms with Gasteiger partial charge >= 0.3 is 0 Å². The molecule has 2 nitrogen and oxygen atoms in total. The van der Waals surface area contributed by atoms with Crippen molar-refractivity contribution < 1.29 is 9.13 Å². The topological polar surface area (TPSA) is 21.3 Å². The molecule has 3 heteroatoms. The molecule has 1 aromatic rings. The van der Waals surface area contributed by atoms with Crippen LogP contribution in [0.3, 0.4) is 0 Å². The van der Waals surface area contributed by atoms with Gasteiger partial charge in [-0.2, -0.15) is 0 Å². The molecule has 1 saturated carbocycles. The van der Waals surface area contributed by atoms with Crippen molar-refractivity contribution in [2.45, 2.75) is 39.3 Å². The van der Waals surface area contributed by atoms with Crippen molar-refractivity contribution in [3.63, 3.8) is 0 Å². The number of hydrogen-bond acceptors (Lipinski definition) is 2. The largest absolute Gasteiger partial charge is 0.494 e. The second-order valence-electron chi connectivity index (χ2n) is 5.53. The summed E-state index contributed by atoms with van der Waals surface area (Å²) in [4.78, 5) is 0. The van der Waals surface area contributed by atoms with Gasteiger partial charge in [0, 0.05) is 12.1 Å². The van der Waals surface area contributed by atoms with Gasteiger partial charge in [-0.05, 0) is 36.5 Å². The second-order valence-corrected chi connectivity index (χ2v) is 5.53. The Labute approximate surface area is 102 Å². The Hall–Kier alpha value is -1.09. The van der Waals surface area contributed by atoms with Crippen LogP contribution in [-0.2, 0) is 0 Å². The first kappa shape index (κ1) is 12.4. The van der Waals surface area contributed by atoms with E-state index in [-0.39, 0.29) is 11.9 Å². The van der Waals surface area contributed by atoms with Crippen LogP contribution in [0.5, 0.6) is 5.75 Å². The molecule has 0 bridgehead atoms. The van der Waals surface area contributed by atoms with E-state index in [4.69, 9.17) is 4.74 Å². The lowest BCUT2D eigenvalue weighted by atomic mass is 10.1. The van der Waals surface area contributed by atoms with E-state index in [1.54, 1.807) is 6.07 Å². The van der Waals surface area contributed by atoms with Crippen molar-refractivity contribution in [1.82, 2.24) is 5.32 Å². The molecule has 1 aliphatic carbocycles. The number of nitrogens with one attached hydrogen (secondary N) is 1. The standard InChI is InChI=1S/C14H20FNO/c1-9(16-13-8-14(13,2)3)10-5-6-11(15)12(7-10)17-4/h5-7,9,13,16H,8H2,1-4H3. The summed E-state index contributed by atoms with van der Waals surface area (Å²) in [5, 5.41) is 3.55. The molecule has 2 atom stereocenters. The summed E-state index contributed by atoms with van der Waals surface area (Å²) in [6.07, 6.45) is 1.20. The Morgan fingerprint density at radius 2 is 2.12 bits per heavy atom. The van der Waals surface area contributed by atoms with E-state index in [2.05, 4.69) is 26.1 Å². The number of ether oxygens (including phenoxy) is 1. The molecule has 0 spiro atoms. The SMILES string of the molecule is COc1cc(C(C)NC2CC2(C)C)ccc1F. The predicted octanol–water partition coefficient (Wildman–Crippen LogP) is 3.28. The first-order valence-corrected chi connectivity index (χ1v) is 6.03. The van der Waals surface area contributed by atoms with Crippen LogP contribution in [0.1, 0.15) is 38.8 Å². The van der Waals surface area contributed by atoms with E-state index in [1.807, 2.05) is 6.07 Å².